The van der Waals surface area contributed by atoms with Crippen LogP contribution in [0.4, 0.5) is 0 Å². The largest absolute Gasteiger partial charge is 0.494 e. The first kappa shape index (κ1) is 16.4. The Morgan fingerprint density at radius 3 is 2.44 bits per heavy atom. The van der Waals surface area contributed by atoms with Gasteiger partial charge in [0.2, 0.25) is 0 Å². The molecule has 0 aliphatic carbocycles. The van der Waals surface area contributed by atoms with Crippen molar-refractivity contribution in [2.24, 2.45) is 0 Å². The molecule has 2 heteroatoms. The minimum Gasteiger partial charge on any atom is -0.494 e. The minimum atomic E-state index is 0. The number of carbonyl (C=O) groups excluding carboxylic acids is 1. The Labute approximate surface area is 111 Å². The van der Waals surface area contributed by atoms with Crippen molar-refractivity contribution in [3.05, 3.63) is 42.5 Å². The summed E-state index contributed by atoms with van der Waals surface area (Å²) in [7, 11) is 0. The second-order valence-corrected chi connectivity index (χ2v) is 4.07. The molecule has 0 heterocycles. The van der Waals surface area contributed by atoms with E-state index in [1.807, 2.05) is 18.2 Å². The maximum Gasteiger partial charge on any atom is 0.159 e. The Hall–Kier alpha value is -1.57. The predicted molar refractivity (Wildman–Crippen MR) is 77.3 cm³/mol. The lowest BCUT2D eigenvalue weighted by Crippen LogP contribution is -1.98. The summed E-state index contributed by atoms with van der Waals surface area (Å²) in [5, 5.41) is 0. The van der Waals surface area contributed by atoms with Gasteiger partial charge in [-0.3, -0.25) is 4.79 Å². The van der Waals surface area contributed by atoms with Crippen LogP contribution >= 0.6 is 0 Å². The van der Waals surface area contributed by atoms with Crippen LogP contribution in [0.2, 0.25) is 0 Å². The van der Waals surface area contributed by atoms with E-state index in [0.29, 0.717) is 0 Å². The van der Waals surface area contributed by atoms with Crippen molar-refractivity contribution in [2.75, 3.05) is 6.61 Å². The van der Waals surface area contributed by atoms with Crippen molar-refractivity contribution in [2.45, 2.75) is 40.0 Å². The van der Waals surface area contributed by atoms with Gasteiger partial charge in [0.15, 0.2) is 5.78 Å². The Morgan fingerprint density at radius 2 is 1.89 bits per heavy atom. The molecule has 0 spiro atoms. The van der Waals surface area contributed by atoms with Gasteiger partial charge < -0.3 is 4.74 Å². The van der Waals surface area contributed by atoms with Gasteiger partial charge in [-0.05, 0) is 56.9 Å². The number of ether oxygens (including phenoxy) is 1. The molecule has 0 N–H and O–H groups in total. The van der Waals surface area contributed by atoms with Crippen LogP contribution in [-0.4, -0.2) is 12.4 Å². The summed E-state index contributed by atoms with van der Waals surface area (Å²) in [4.78, 5) is 11.1. The summed E-state index contributed by atoms with van der Waals surface area (Å²) in [6, 6.07) is 7.30. The number of Topliss-reactive ketones (excluding diaryl/α,β-unsaturated/α-hetero) is 1. The van der Waals surface area contributed by atoms with E-state index in [9.17, 15) is 4.79 Å². The Bertz CT molecular complexity index is 352. The van der Waals surface area contributed by atoms with Crippen molar-refractivity contribution in [3.8, 4) is 5.75 Å². The molecule has 1 rings (SSSR count). The highest BCUT2D eigenvalue weighted by molar-refractivity contribution is 5.94. The van der Waals surface area contributed by atoms with Gasteiger partial charge in [-0.1, -0.05) is 13.5 Å². The zero-order chi connectivity index (χ0) is 12.5. The number of ketones is 1. The van der Waals surface area contributed by atoms with Crippen LogP contribution in [0.3, 0.4) is 0 Å². The maximum absolute atomic E-state index is 11.1. The molecule has 0 fully saturated rings. The maximum atomic E-state index is 11.1. The van der Waals surface area contributed by atoms with Gasteiger partial charge in [0.05, 0.1) is 6.61 Å². The van der Waals surface area contributed by atoms with Gasteiger partial charge in [0.1, 0.15) is 5.75 Å². The third kappa shape index (κ3) is 6.24. The number of allylic oxidation sites excluding steroid dienone is 1. The van der Waals surface area contributed by atoms with E-state index < -0.39 is 0 Å². The molecule has 18 heavy (non-hydrogen) atoms. The minimum absolute atomic E-state index is 0. The zero-order valence-electron chi connectivity index (χ0n) is 10.4. The molecular formula is C16H24O2. The van der Waals surface area contributed by atoms with E-state index in [1.165, 1.54) is 6.42 Å². The molecule has 0 aliphatic heterocycles. The van der Waals surface area contributed by atoms with Crippen LogP contribution < -0.4 is 4.74 Å². The van der Waals surface area contributed by atoms with Crippen LogP contribution in [0.1, 0.15) is 50.4 Å². The fraction of sp³-hybridized carbons (Fsp3) is 0.438. The third-order valence-corrected chi connectivity index (χ3v) is 2.58. The van der Waals surface area contributed by atoms with Crippen LogP contribution in [0.5, 0.6) is 5.75 Å². The van der Waals surface area contributed by atoms with Gasteiger partial charge in [-0.2, -0.15) is 0 Å². The van der Waals surface area contributed by atoms with Crippen LogP contribution in [0.25, 0.3) is 0 Å². The van der Waals surface area contributed by atoms with Gasteiger partial charge >= 0.3 is 0 Å². The van der Waals surface area contributed by atoms with E-state index in [0.717, 1.165) is 37.2 Å². The molecule has 0 saturated carbocycles. The molecule has 1 aromatic rings. The van der Waals surface area contributed by atoms with Gasteiger partial charge in [-0.15, -0.1) is 6.58 Å². The lowest BCUT2D eigenvalue weighted by Gasteiger charge is -2.06. The number of rotatable bonds is 8. The SMILES string of the molecule is C.C=CCCCCCOc1ccc(C(C)=O)cc1. The highest BCUT2D eigenvalue weighted by Gasteiger charge is 1.99. The molecule has 0 unspecified atom stereocenters. The lowest BCUT2D eigenvalue weighted by molar-refractivity contribution is 0.101. The first-order valence-corrected chi connectivity index (χ1v) is 6.08. The third-order valence-electron chi connectivity index (χ3n) is 2.58. The zero-order valence-corrected chi connectivity index (χ0v) is 10.4. The highest BCUT2D eigenvalue weighted by Crippen LogP contribution is 2.13. The fourth-order valence-electron chi connectivity index (χ4n) is 1.54. The first-order valence-electron chi connectivity index (χ1n) is 6.08. The molecule has 0 aromatic heterocycles. The number of unbranched alkanes of at least 4 members (excludes halogenated alkanes) is 3. The molecule has 1 aromatic carbocycles. The monoisotopic (exact) mass is 248 g/mol. The Kier molecular flexibility index (Phi) is 8.63. The fourth-order valence-corrected chi connectivity index (χ4v) is 1.54. The molecule has 0 bridgehead atoms. The smallest absolute Gasteiger partial charge is 0.159 e. The Balaban J connectivity index is 0.00000289. The van der Waals surface area contributed by atoms with Crippen molar-refractivity contribution < 1.29 is 9.53 Å². The first-order chi connectivity index (χ1) is 8.24. The van der Waals surface area contributed by atoms with E-state index in [1.54, 1.807) is 19.1 Å². The molecule has 2 nitrogen and oxygen atoms in total. The van der Waals surface area contributed by atoms with Crippen molar-refractivity contribution in [3.63, 3.8) is 0 Å². The van der Waals surface area contributed by atoms with E-state index in [-0.39, 0.29) is 13.2 Å². The highest BCUT2D eigenvalue weighted by atomic mass is 16.5. The van der Waals surface area contributed by atoms with Crippen LogP contribution in [0.15, 0.2) is 36.9 Å². The molecule has 0 atom stereocenters. The normalized spacial score (nSPS) is 9.39. The van der Waals surface area contributed by atoms with Crippen LogP contribution in [-0.2, 0) is 0 Å². The second-order valence-electron chi connectivity index (χ2n) is 4.07. The molecule has 0 aliphatic rings. The molecule has 0 radical (unpaired) electrons. The summed E-state index contributed by atoms with van der Waals surface area (Å²) in [5.74, 6) is 0.916. The van der Waals surface area contributed by atoms with Crippen molar-refractivity contribution in [1.82, 2.24) is 0 Å². The molecule has 100 valence electrons. The van der Waals surface area contributed by atoms with Crippen molar-refractivity contribution >= 4 is 5.78 Å². The molecular weight excluding hydrogens is 224 g/mol. The summed E-state index contributed by atoms with van der Waals surface area (Å²) < 4.78 is 5.58. The predicted octanol–water partition coefficient (Wildman–Crippen LogP) is 4.65. The lowest BCUT2D eigenvalue weighted by atomic mass is 10.1. The summed E-state index contributed by atoms with van der Waals surface area (Å²) >= 11 is 0. The van der Waals surface area contributed by atoms with E-state index >= 15 is 0 Å². The van der Waals surface area contributed by atoms with E-state index in [2.05, 4.69) is 6.58 Å². The summed E-state index contributed by atoms with van der Waals surface area (Å²) in [6.45, 7) is 5.99. The second kappa shape index (κ2) is 9.46. The van der Waals surface area contributed by atoms with Gasteiger partial charge in [0.25, 0.3) is 0 Å². The summed E-state index contributed by atoms with van der Waals surface area (Å²) in [6.07, 6.45) is 6.42. The topological polar surface area (TPSA) is 26.3 Å². The van der Waals surface area contributed by atoms with E-state index in [4.69, 9.17) is 4.74 Å². The standard InChI is InChI=1S/C15H20O2.CH4/c1-3-4-5-6-7-12-17-15-10-8-14(9-11-15)13(2)16;/h3,8-11H,1,4-7,12H2,2H3;1H4. The van der Waals surface area contributed by atoms with Crippen LogP contribution in [0, 0.1) is 0 Å². The average molecular weight is 248 g/mol. The average Bonchev–Trinajstić information content (AvgIpc) is 2.34. The number of hydrogen-bond acceptors (Lipinski definition) is 2. The number of carbonyl (C=O) groups is 1. The van der Waals surface area contributed by atoms with Gasteiger partial charge in [-0.25, -0.2) is 0 Å². The molecule has 0 amide bonds. The number of hydrogen-bond donors (Lipinski definition) is 0. The Morgan fingerprint density at radius 1 is 1.22 bits per heavy atom. The van der Waals surface area contributed by atoms with Gasteiger partial charge in [0, 0.05) is 5.56 Å². The summed E-state index contributed by atoms with van der Waals surface area (Å²) in [5.41, 5.74) is 0.725. The number of benzene rings is 1. The quantitative estimate of drug-likeness (QED) is 0.380. The molecule has 0 saturated heterocycles. The van der Waals surface area contributed by atoms with Crippen molar-refractivity contribution in [1.29, 1.82) is 0 Å².